The van der Waals surface area contributed by atoms with Gasteiger partial charge in [0.1, 0.15) is 0 Å². The molecule has 1 aromatic rings. The second-order valence-electron chi connectivity index (χ2n) is 3.94. The molecule has 0 fully saturated rings. The predicted molar refractivity (Wildman–Crippen MR) is 78.7 cm³/mol. The van der Waals surface area contributed by atoms with Crippen LogP contribution in [0.1, 0.15) is 12.5 Å². The normalized spacial score (nSPS) is 11.8. The largest absolute Gasteiger partial charge is 0.368 e. The zero-order valence-corrected chi connectivity index (χ0v) is 10.8. The van der Waals surface area contributed by atoms with Gasteiger partial charge in [-0.2, -0.15) is 0 Å². The molecule has 0 atom stereocenters. The molecule has 0 aliphatic heterocycles. The maximum absolute atomic E-state index is 3.71. The van der Waals surface area contributed by atoms with Crippen LogP contribution >= 0.6 is 0 Å². The molecular weight excluding hydrogens is 220 g/mol. The van der Waals surface area contributed by atoms with Gasteiger partial charge >= 0.3 is 0 Å². The lowest BCUT2D eigenvalue weighted by Crippen LogP contribution is -2.08. The fourth-order valence-electron chi connectivity index (χ4n) is 1.60. The molecule has 1 rings (SSSR count). The Morgan fingerprint density at radius 1 is 1.17 bits per heavy atom. The van der Waals surface area contributed by atoms with Gasteiger partial charge in [-0.05, 0) is 36.5 Å². The van der Waals surface area contributed by atoms with Gasteiger partial charge in [0.25, 0.3) is 0 Å². The van der Waals surface area contributed by atoms with Gasteiger partial charge in [-0.3, -0.25) is 0 Å². The van der Waals surface area contributed by atoms with E-state index in [-0.39, 0.29) is 0 Å². The van der Waals surface area contributed by atoms with Crippen molar-refractivity contribution in [1.29, 1.82) is 0 Å². The molecule has 0 saturated heterocycles. The summed E-state index contributed by atoms with van der Waals surface area (Å²) >= 11 is 0. The first kappa shape index (κ1) is 13.8. The van der Waals surface area contributed by atoms with Gasteiger partial charge in [-0.15, -0.1) is 0 Å². The molecule has 0 aliphatic carbocycles. The molecule has 0 heterocycles. The third kappa shape index (κ3) is 5.21. The number of hydrogen-bond donors (Lipinski definition) is 2. The van der Waals surface area contributed by atoms with Crippen LogP contribution in [0.4, 0.5) is 0 Å². The maximum Gasteiger partial charge on any atom is 0.0194 e. The lowest BCUT2D eigenvalue weighted by molar-refractivity contribution is 0.966. The van der Waals surface area contributed by atoms with Crippen LogP contribution in [0.3, 0.4) is 0 Å². The third-order valence-corrected chi connectivity index (χ3v) is 2.36. The second kappa shape index (κ2) is 7.96. The van der Waals surface area contributed by atoms with E-state index in [0.29, 0.717) is 0 Å². The van der Waals surface area contributed by atoms with Crippen molar-refractivity contribution in [1.82, 2.24) is 10.6 Å². The Bertz CT molecular complexity index is 441. The van der Waals surface area contributed by atoms with E-state index in [1.165, 1.54) is 5.56 Å². The Kier molecular flexibility index (Phi) is 6.12. The van der Waals surface area contributed by atoms with Crippen molar-refractivity contribution in [2.24, 2.45) is 0 Å². The van der Waals surface area contributed by atoms with Crippen LogP contribution in [0.2, 0.25) is 0 Å². The van der Waals surface area contributed by atoms with E-state index in [0.717, 1.165) is 17.7 Å². The summed E-state index contributed by atoms with van der Waals surface area (Å²) in [5, 5.41) is 6.13. The van der Waals surface area contributed by atoms with Gasteiger partial charge in [0.15, 0.2) is 0 Å². The lowest BCUT2D eigenvalue weighted by Gasteiger charge is -2.08. The van der Waals surface area contributed by atoms with Crippen LogP contribution in [0, 0.1) is 0 Å². The molecule has 18 heavy (non-hydrogen) atoms. The van der Waals surface area contributed by atoms with E-state index < -0.39 is 0 Å². The second-order valence-corrected chi connectivity index (χ2v) is 3.94. The molecule has 0 bridgehead atoms. The zero-order valence-electron chi connectivity index (χ0n) is 10.8. The van der Waals surface area contributed by atoms with Crippen LogP contribution in [-0.2, 0) is 6.42 Å². The number of benzene rings is 1. The van der Waals surface area contributed by atoms with E-state index in [4.69, 9.17) is 0 Å². The van der Waals surface area contributed by atoms with Crippen LogP contribution in [0.25, 0.3) is 0 Å². The van der Waals surface area contributed by atoms with Crippen molar-refractivity contribution in [3.8, 4) is 0 Å². The zero-order chi connectivity index (χ0) is 13.2. The SMILES string of the molecule is C=CN/C=C(C)\C=C(/Cc1ccccc1)NC=C. The summed E-state index contributed by atoms with van der Waals surface area (Å²) in [7, 11) is 0. The first-order valence-corrected chi connectivity index (χ1v) is 5.92. The topological polar surface area (TPSA) is 24.1 Å². The fraction of sp³-hybridized carbons (Fsp3) is 0.125. The highest BCUT2D eigenvalue weighted by Gasteiger charge is 1.97. The molecule has 0 aromatic heterocycles. The molecule has 2 heteroatoms. The maximum atomic E-state index is 3.71. The highest BCUT2D eigenvalue weighted by atomic mass is 14.8. The Hall–Kier alpha value is -2.22. The van der Waals surface area contributed by atoms with Crippen LogP contribution < -0.4 is 10.6 Å². The minimum atomic E-state index is 0.853. The van der Waals surface area contributed by atoms with Crippen LogP contribution in [0.15, 0.2) is 79.4 Å². The van der Waals surface area contributed by atoms with Crippen molar-refractivity contribution >= 4 is 0 Å². The Labute approximate surface area is 109 Å². The van der Waals surface area contributed by atoms with E-state index >= 15 is 0 Å². The van der Waals surface area contributed by atoms with Gasteiger partial charge in [0, 0.05) is 18.3 Å². The molecule has 94 valence electrons. The summed E-state index contributed by atoms with van der Waals surface area (Å²) in [5.74, 6) is 0. The van der Waals surface area contributed by atoms with Gasteiger partial charge in [0.2, 0.25) is 0 Å². The van der Waals surface area contributed by atoms with E-state index in [2.05, 4.69) is 42.0 Å². The van der Waals surface area contributed by atoms with Crippen molar-refractivity contribution in [3.05, 3.63) is 85.0 Å². The molecule has 0 amide bonds. The Morgan fingerprint density at radius 2 is 1.89 bits per heavy atom. The molecule has 0 spiro atoms. The quantitative estimate of drug-likeness (QED) is 0.713. The Balaban J connectivity index is 2.79. The average molecular weight is 240 g/mol. The molecular formula is C16H20N2. The lowest BCUT2D eigenvalue weighted by atomic mass is 10.1. The molecule has 0 unspecified atom stereocenters. The summed E-state index contributed by atoms with van der Waals surface area (Å²) in [6, 6.07) is 10.3. The molecule has 0 radical (unpaired) electrons. The smallest absolute Gasteiger partial charge is 0.0194 e. The minimum absolute atomic E-state index is 0.853. The summed E-state index contributed by atoms with van der Waals surface area (Å²) in [6.07, 6.45) is 8.19. The minimum Gasteiger partial charge on any atom is -0.368 e. The van der Waals surface area contributed by atoms with Crippen molar-refractivity contribution in [3.63, 3.8) is 0 Å². The van der Waals surface area contributed by atoms with Crippen LogP contribution in [0.5, 0.6) is 0 Å². The van der Waals surface area contributed by atoms with Gasteiger partial charge in [-0.1, -0.05) is 43.5 Å². The highest BCUT2D eigenvalue weighted by Crippen LogP contribution is 2.08. The summed E-state index contributed by atoms with van der Waals surface area (Å²) < 4.78 is 0. The molecule has 0 aliphatic rings. The van der Waals surface area contributed by atoms with Gasteiger partial charge in [-0.25, -0.2) is 0 Å². The van der Waals surface area contributed by atoms with Crippen LogP contribution in [-0.4, -0.2) is 0 Å². The fourth-order valence-corrected chi connectivity index (χ4v) is 1.60. The molecule has 1 aromatic carbocycles. The first-order valence-electron chi connectivity index (χ1n) is 5.92. The van der Waals surface area contributed by atoms with Crippen molar-refractivity contribution in [2.75, 3.05) is 0 Å². The highest BCUT2D eigenvalue weighted by molar-refractivity contribution is 5.27. The number of rotatable bonds is 7. The predicted octanol–water partition coefficient (Wildman–Crippen LogP) is 3.48. The average Bonchev–Trinajstić information content (AvgIpc) is 2.38. The number of allylic oxidation sites excluding steroid dienone is 3. The molecule has 0 saturated carbocycles. The standard InChI is InChI=1S/C16H20N2/c1-4-17-13-14(3)11-16(18-5-2)12-15-9-7-6-8-10-15/h4-11,13,17-18H,1-2,12H2,3H3/b14-13-,16-11+. The Morgan fingerprint density at radius 3 is 2.50 bits per heavy atom. The molecule has 2 nitrogen and oxygen atoms in total. The summed E-state index contributed by atoms with van der Waals surface area (Å²) in [6.45, 7) is 9.35. The first-order chi connectivity index (χ1) is 8.76. The van der Waals surface area contributed by atoms with Crippen molar-refractivity contribution < 1.29 is 0 Å². The number of nitrogens with one attached hydrogen (secondary N) is 2. The molecule has 2 N–H and O–H groups in total. The third-order valence-electron chi connectivity index (χ3n) is 2.36. The van der Waals surface area contributed by atoms with Crippen molar-refractivity contribution in [2.45, 2.75) is 13.3 Å². The summed E-state index contributed by atoms with van der Waals surface area (Å²) in [5.41, 5.74) is 3.49. The van der Waals surface area contributed by atoms with E-state index in [9.17, 15) is 0 Å². The van der Waals surface area contributed by atoms with Gasteiger partial charge in [0.05, 0.1) is 0 Å². The monoisotopic (exact) mass is 240 g/mol. The van der Waals surface area contributed by atoms with Gasteiger partial charge < -0.3 is 10.6 Å². The van der Waals surface area contributed by atoms with E-state index in [1.54, 1.807) is 12.4 Å². The van der Waals surface area contributed by atoms with E-state index in [1.807, 2.05) is 31.3 Å². The summed E-state index contributed by atoms with van der Waals surface area (Å²) in [4.78, 5) is 0. The number of hydrogen-bond acceptors (Lipinski definition) is 2.